The third-order valence-corrected chi connectivity index (χ3v) is 5.80. The number of benzene rings is 2. The Morgan fingerprint density at radius 3 is 2.58 bits per heavy atom. The number of fused-ring (bicyclic) bond motifs is 2. The molecule has 1 aliphatic heterocycles. The number of rotatable bonds is 6. The molecule has 0 radical (unpaired) electrons. The molecular formula is C25H23N3O3. The summed E-state index contributed by atoms with van der Waals surface area (Å²) in [5.41, 5.74) is 5.64. The van der Waals surface area contributed by atoms with Crippen molar-refractivity contribution in [2.45, 2.75) is 13.0 Å². The SMILES string of the molecule is COc1ccc(-c2ccc(OC)c3c2CN(CCc2cn4ccccc4n2)C3=O)cc1. The molecule has 0 atom stereocenters. The van der Waals surface area contributed by atoms with Crippen molar-refractivity contribution in [2.75, 3.05) is 20.8 Å². The molecule has 6 nitrogen and oxygen atoms in total. The second-order valence-corrected chi connectivity index (χ2v) is 7.57. The monoisotopic (exact) mass is 413 g/mol. The van der Waals surface area contributed by atoms with Gasteiger partial charge in [-0.1, -0.05) is 24.3 Å². The molecule has 0 fully saturated rings. The van der Waals surface area contributed by atoms with Crippen LogP contribution >= 0.6 is 0 Å². The van der Waals surface area contributed by atoms with Gasteiger partial charge in [-0.2, -0.15) is 0 Å². The van der Waals surface area contributed by atoms with E-state index < -0.39 is 0 Å². The largest absolute Gasteiger partial charge is 0.497 e. The molecule has 6 heteroatoms. The molecule has 2 aromatic heterocycles. The summed E-state index contributed by atoms with van der Waals surface area (Å²) in [6.45, 7) is 1.16. The summed E-state index contributed by atoms with van der Waals surface area (Å²) in [4.78, 5) is 19.8. The Kier molecular flexibility index (Phi) is 4.82. The number of amides is 1. The summed E-state index contributed by atoms with van der Waals surface area (Å²) < 4.78 is 12.8. The first-order chi connectivity index (χ1) is 15.2. The summed E-state index contributed by atoms with van der Waals surface area (Å²) in [6, 6.07) is 17.7. The smallest absolute Gasteiger partial charge is 0.258 e. The predicted molar refractivity (Wildman–Crippen MR) is 119 cm³/mol. The van der Waals surface area contributed by atoms with E-state index in [2.05, 4.69) is 4.98 Å². The van der Waals surface area contributed by atoms with Crippen LogP contribution in [0, 0.1) is 0 Å². The Morgan fingerprint density at radius 2 is 1.84 bits per heavy atom. The van der Waals surface area contributed by atoms with E-state index in [1.807, 2.05) is 76.3 Å². The summed E-state index contributed by atoms with van der Waals surface area (Å²) in [5.74, 6) is 1.43. The van der Waals surface area contributed by atoms with Crippen LogP contribution < -0.4 is 9.47 Å². The van der Waals surface area contributed by atoms with Gasteiger partial charge in [-0.3, -0.25) is 4.79 Å². The van der Waals surface area contributed by atoms with Gasteiger partial charge in [0.2, 0.25) is 0 Å². The third-order valence-electron chi connectivity index (χ3n) is 5.80. The number of imidazole rings is 1. The maximum absolute atomic E-state index is 13.3. The lowest BCUT2D eigenvalue weighted by Crippen LogP contribution is -2.26. The van der Waals surface area contributed by atoms with E-state index in [0.717, 1.165) is 33.8 Å². The van der Waals surface area contributed by atoms with Crippen molar-refractivity contribution in [1.29, 1.82) is 0 Å². The number of pyridine rings is 1. The molecule has 0 N–H and O–H groups in total. The molecule has 3 heterocycles. The summed E-state index contributed by atoms with van der Waals surface area (Å²) in [7, 11) is 3.26. The zero-order chi connectivity index (χ0) is 21.4. The van der Waals surface area contributed by atoms with Gasteiger partial charge in [-0.25, -0.2) is 4.98 Å². The minimum Gasteiger partial charge on any atom is -0.497 e. The molecule has 1 aliphatic rings. The van der Waals surface area contributed by atoms with E-state index >= 15 is 0 Å². The molecule has 0 saturated carbocycles. The molecule has 0 bridgehead atoms. The van der Waals surface area contributed by atoms with Crippen LogP contribution in [0.4, 0.5) is 0 Å². The molecule has 0 aliphatic carbocycles. The first kappa shape index (κ1) is 19.2. The average molecular weight is 413 g/mol. The van der Waals surface area contributed by atoms with Crippen LogP contribution in [0.15, 0.2) is 67.0 Å². The van der Waals surface area contributed by atoms with Gasteiger partial charge < -0.3 is 18.8 Å². The van der Waals surface area contributed by atoms with Crippen molar-refractivity contribution in [3.8, 4) is 22.6 Å². The highest BCUT2D eigenvalue weighted by Gasteiger charge is 2.33. The van der Waals surface area contributed by atoms with Gasteiger partial charge in [0, 0.05) is 31.9 Å². The second-order valence-electron chi connectivity index (χ2n) is 7.57. The summed E-state index contributed by atoms with van der Waals surface area (Å²) in [5, 5.41) is 0. The first-order valence-electron chi connectivity index (χ1n) is 10.2. The number of ether oxygens (including phenoxy) is 2. The molecule has 0 saturated heterocycles. The van der Waals surface area contributed by atoms with Gasteiger partial charge in [-0.05, 0) is 47.0 Å². The average Bonchev–Trinajstić information content (AvgIpc) is 3.38. The fourth-order valence-electron chi connectivity index (χ4n) is 4.19. The van der Waals surface area contributed by atoms with Crippen LogP contribution in [0.5, 0.6) is 11.5 Å². The van der Waals surface area contributed by atoms with Crippen LogP contribution in [0.1, 0.15) is 21.6 Å². The van der Waals surface area contributed by atoms with E-state index in [1.54, 1.807) is 14.2 Å². The van der Waals surface area contributed by atoms with Crippen molar-refractivity contribution in [1.82, 2.24) is 14.3 Å². The fraction of sp³-hybridized carbons (Fsp3) is 0.200. The molecule has 2 aromatic carbocycles. The molecular weight excluding hydrogens is 390 g/mol. The number of hydrogen-bond donors (Lipinski definition) is 0. The van der Waals surface area contributed by atoms with Crippen molar-refractivity contribution >= 4 is 11.6 Å². The summed E-state index contributed by atoms with van der Waals surface area (Å²) in [6.07, 6.45) is 4.70. The quantitative estimate of drug-likeness (QED) is 0.475. The van der Waals surface area contributed by atoms with E-state index in [0.29, 0.717) is 30.8 Å². The molecule has 0 spiro atoms. The number of carbonyl (C=O) groups excluding carboxylic acids is 1. The van der Waals surface area contributed by atoms with Crippen LogP contribution in [-0.4, -0.2) is 41.0 Å². The molecule has 4 aromatic rings. The van der Waals surface area contributed by atoms with E-state index in [4.69, 9.17) is 9.47 Å². The van der Waals surface area contributed by atoms with Crippen molar-refractivity contribution in [2.24, 2.45) is 0 Å². The zero-order valence-electron chi connectivity index (χ0n) is 17.5. The lowest BCUT2D eigenvalue weighted by atomic mass is 9.96. The Labute approximate surface area is 180 Å². The Hall–Kier alpha value is -3.80. The normalized spacial score (nSPS) is 13.0. The predicted octanol–water partition coefficient (Wildman–Crippen LogP) is 4.22. The number of aromatic nitrogens is 2. The number of methoxy groups -OCH3 is 2. The van der Waals surface area contributed by atoms with Gasteiger partial charge in [0.25, 0.3) is 5.91 Å². The van der Waals surface area contributed by atoms with Crippen LogP contribution in [0.25, 0.3) is 16.8 Å². The Bertz CT molecular complexity index is 1230. The van der Waals surface area contributed by atoms with Crippen LogP contribution in [0.3, 0.4) is 0 Å². The topological polar surface area (TPSA) is 56.1 Å². The second kappa shape index (κ2) is 7.80. The van der Waals surface area contributed by atoms with Gasteiger partial charge >= 0.3 is 0 Å². The zero-order valence-corrected chi connectivity index (χ0v) is 17.5. The maximum atomic E-state index is 13.3. The van der Waals surface area contributed by atoms with E-state index in [-0.39, 0.29) is 5.91 Å². The molecule has 31 heavy (non-hydrogen) atoms. The van der Waals surface area contributed by atoms with E-state index in [1.165, 1.54) is 0 Å². The van der Waals surface area contributed by atoms with Gasteiger partial charge in [-0.15, -0.1) is 0 Å². The fourth-order valence-corrected chi connectivity index (χ4v) is 4.19. The van der Waals surface area contributed by atoms with Gasteiger partial charge in [0.1, 0.15) is 17.1 Å². The lowest BCUT2D eigenvalue weighted by Gasteiger charge is -2.15. The minimum absolute atomic E-state index is 0.00553. The molecule has 5 rings (SSSR count). The highest BCUT2D eigenvalue weighted by molar-refractivity contribution is 6.03. The van der Waals surface area contributed by atoms with Crippen molar-refractivity contribution in [3.05, 3.63) is 83.8 Å². The Balaban J connectivity index is 1.42. The minimum atomic E-state index is 0.00553. The molecule has 0 unspecified atom stereocenters. The van der Waals surface area contributed by atoms with Crippen LogP contribution in [0.2, 0.25) is 0 Å². The highest BCUT2D eigenvalue weighted by Crippen LogP contribution is 2.38. The first-order valence-corrected chi connectivity index (χ1v) is 10.2. The highest BCUT2D eigenvalue weighted by atomic mass is 16.5. The third kappa shape index (κ3) is 3.40. The van der Waals surface area contributed by atoms with E-state index in [9.17, 15) is 4.79 Å². The standard InChI is InChI=1S/C25H23N3O3/c1-30-19-8-6-17(7-9-19)20-10-11-22(31-2)24-21(20)16-28(25(24)29)14-12-18-15-27-13-4-3-5-23(27)26-18/h3-11,13,15H,12,14,16H2,1-2H3. The molecule has 156 valence electrons. The van der Waals surface area contributed by atoms with Crippen LogP contribution in [-0.2, 0) is 13.0 Å². The van der Waals surface area contributed by atoms with Crippen molar-refractivity contribution in [3.63, 3.8) is 0 Å². The van der Waals surface area contributed by atoms with Gasteiger partial charge in [0.05, 0.1) is 25.5 Å². The number of nitrogens with zero attached hydrogens (tertiary/aromatic N) is 3. The summed E-state index contributed by atoms with van der Waals surface area (Å²) >= 11 is 0. The maximum Gasteiger partial charge on any atom is 0.258 e. The lowest BCUT2D eigenvalue weighted by molar-refractivity contribution is 0.0777. The number of hydrogen-bond acceptors (Lipinski definition) is 4. The number of carbonyl (C=O) groups is 1. The molecule has 1 amide bonds. The van der Waals surface area contributed by atoms with Gasteiger partial charge in [0.15, 0.2) is 0 Å². The Morgan fingerprint density at radius 1 is 1.00 bits per heavy atom. The van der Waals surface area contributed by atoms with Crippen molar-refractivity contribution < 1.29 is 14.3 Å².